The van der Waals surface area contributed by atoms with Gasteiger partial charge in [-0.1, -0.05) is 20.8 Å². The van der Waals surface area contributed by atoms with E-state index in [9.17, 15) is 26.4 Å². The fourth-order valence-electron chi connectivity index (χ4n) is 5.67. The summed E-state index contributed by atoms with van der Waals surface area (Å²) in [6.45, 7) is 7.41. The minimum atomic E-state index is -4.52. The van der Waals surface area contributed by atoms with Crippen molar-refractivity contribution in [3.05, 3.63) is 29.8 Å². The number of fused-ring (bicyclic) bond motifs is 1. The molecule has 0 unspecified atom stereocenters. The molecule has 1 aromatic rings. The maximum Gasteiger partial charge on any atom is 0.416 e. The lowest BCUT2D eigenvalue weighted by molar-refractivity contribution is -0.138. The zero-order valence-electron chi connectivity index (χ0n) is 20.6. The number of amides is 1. The Labute approximate surface area is 206 Å². The third-order valence-corrected chi connectivity index (χ3v) is 9.44. The summed E-state index contributed by atoms with van der Waals surface area (Å²) in [6.07, 6.45) is -0.129. The number of nitrogens with two attached hydrogens (primary N) is 1. The van der Waals surface area contributed by atoms with Crippen molar-refractivity contribution in [3.63, 3.8) is 0 Å². The van der Waals surface area contributed by atoms with Gasteiger partial charge in [-0.15, -0.1) is 0 Å². The Hall–Kier alpha value is -1.65. The first-order valence-corrected chi connectivity index (χ1v) is 13.8. The zero-order chi connectivity index (χ0) is 25.8. The van der Waals surface area contributed by atoms with Gasteiger partial charge < -0.3 is 10.6 Å². The van der Waals surface area contributed by atoms with E-state index < -0.39 is 27.8 Å². The maximum atomic E-state index is 13.4. The van der Waals surface area contributed by atoms with Gasteiger partial charge in [0.25, 0.3) is 0 Å². The van der Waals surface area contributed by atoms with Gasteiger partial charge in [0.15, 0.2) is 0 Å². The lowest BCUT2D eigenvalue weighted by Crippen LogP contribution is -2.52. The third kappa shape index (κ3) is 5.85. The van der Waals surface area contributed by atoms with Crippen LogP contribution in [0.2, 0.25) is 0 Å². The molecule has 4 atom stereocenters. The number of hydrogen-bond acceptors (Lipinski definition) is 4. The van der Waals surface area contributed by atoms with Crippen molar-refractivity contribution in [1.29, 1.82) is 0 Å². The first-order valence-electron chi connectivity index (χ1n) is 12.4. The lowest BCUT2D eigenvalue weighted by Gasteiger charge is -2.36. The molecule has 4 rings (SSSR count). The predicted octanol–water partition coefficient (Wildman–Crippen LogP) is 4.11. The van der Waals surface area contributed by atoms with E-state index in [1.165, 1.54) is 4.31 Å². The minimum absolute atomic E-state index is 0.00348. The van der Waals surface area contributed by atoms with E-state index in [1.807, 2.05) is 4.90 Å². The number of halogens is 3. The predicted molar refractivity (Wildman–Crippen MR) is 127 cm³/mol. The van der Waals surface area contributed by atoms with Crippen molar-refractivity contribution in [1.82, 2.24) is 9.21 Å². The Morgan fingerprint density at radius 1 is 1.09 bits per heavy atom. The quantitative estimate of drug-likeness (QED) is 0.593. The van der Waals surface area contributed by atoms with Crippen LogP contribution in [0.4, 0.5) is 13.2 Å². The molecule has 35 heavy (non-hydrogen) atoms. The van der Waals surface area contributed by atoms with Gasteiger partial charge in [-0.2, -0.15) is 17.5 Å². The minimum Gasteiger partial charge on any atom is -0.338 e. The summed E-state index contributed by atoms with van der Waals surface area (Å²) in [5.74, 6) is 0.552. The normalized spacial score (nSPS) is 26.5. The summed E-state index contributed by atoms with van der Waals surface area (Å²) < 4.78 is 66.5. The molecule has 1 aromatic carbocycles. The van der Waals surface area contributed by atoms with E-state index in [0.717, 1.165) is 49.9 Å². The van der Waals surface area contributed by atoms with Crippen LogP contribution in [-0.2, 0) is 21.0 Å². The SMILES string of the molecule is CC(C)(C)C[C@H](N)C(=O)N(CC1CC1)[C@H]1CC[C@@H]2CN(S(=O)(=O)c3ccc(C(F)(F)F)cc3)C[C@@H]21. The molecule has 2 saturated carbocycles. The molecule has 1 heterocycles. The van der Waals surface area contributed by atoms with E-state index in [4.69, 9.17) is 5.73 Å². The molecule has 196 valence electrons. The molecule has 6 nitrogen and oxygen atoms in total. The molecule has 2 aliphatic carbocycles. The van der Waals surface area contributed by atoms with Crippen LogP contribution in [0.3, 0.4) is 0 Å². The van der Waals surface area contributed by atoms with E-state index >= 15 is 0 Å². The van der Waals surface area contributed by atoms with Crippen LogP contribution in [-0.4, -0.2) is 55.2 Å². The van der Waals surface area contributed by atoms with Crippen molar-refractivity contribution >= 4 is 15.9 Å². The van der Waals surface area contributed by atoms with Gasteiger partial charge in [-0.05, 0) is 79.5 Å². The number of sulfonamides is 1. The van der Waals surface area contributed by atoms with E-state index in [0.29, 0.717) is 25.4 Å². The lowest BCUT2D eigenvalue weighted by atomic mass is 9.87. The summed E-state index contributed by atoms with van der Waals surface area (Å²) >= 11 is 0. The second-order valence-electron chi connectivity index (χ2n) is 11.7. The van der Waals surface area contributed by atoms with Gasteiger partial charge >= 0.3 is 6.18 Å². The molecule has 2 N–H and O–H groups in total. The fourth-order valence-corrected chi connectivity index (χ4v) is 7.21. The van der Waals surface area contributed by atoms with Gasteiger partial charge in [-0.3, -0.25) is 4.79 Å². The molecule has 1 saturated heterocycles. The van der Waals surface area contributed by atoms with Gasteiger partial charge in [0.1, 0.15) is 0 Å². The molecular weight excluding hydrogens is 479 g/mol. The molecular formula is C25H36F3N3O3S. The molecule has 0 spiro atoms. The van der Waals surface area contributed by atoms with E-state index in [2.05, 4.69) is 20.8 Å². The van der Waals surface area contributed by atoms with Crippen LogP contribution >= 0.6 is 0 Å². The Balaban J connectivity index is 1.50. The molecule has 3 fully saturated rings. The van der Waals surface area contributed by atoms with Gasteiger partial charge in [0, 0.05) is 25.7 Å². The third-order valence-electron chi connectivity index (χ3n) is 7.59. The highest BCUT2D eigenvalue weighted by Gasteiger charge is 2.50. The van der Waals surface area contributed by atoms with Gasteiger partial charge in [-0.25, -0.2) is 8.42 Å². The number of nitrogens with zero attached hydrogens (tertiary/aromatic N) is 2. The number of benzene rings is 1. The second-order valence-corrected chi connectivity index (χ2v) is 13.7. The highest BCUT2D eigenvalue weighted by molar-refractivity contribution is 7.89. The van der Waals surface area contributed by atoms with Crippen LogP contribution in [0, 0.1) is 23.2 Å². The summed E-state index contributed by atoms with van der Waals surface area (Å²) in [7, 11) is -3.93. The van der Waals surface area contributed by atoms with Crippen LogP contribution < -0.4 is 5.73 Å². The van der Waals surface area contributed by atoms with Gasteiger partial charge in [0.2, 0.25) is 15.9 Å². The summed E-state index contributed by atoms with van der Waals surface area (Å²) in [6, 6.07) is 3.00. The average Bonchev–Trinajstić information content (AvgIpc) is 3.32. The number of carbonyl (C=O) groups is 1. The molecule has 0 radical (unpaired) electrons. The van der Waals surface area contributed by atoms with Crippen molar-refractivity contribution in [3.8, 4) is 0 Å². The highest BCUT2D eigenvalue weighted by Crippen LogP contribution is 2.44. The molecule has 10 heteroatoms. The standard InChI is InChI=1S/C25H36F3N3O3S/c1-24(2,3)12-21(29)23(32)31(13-16-4-5-16)22-11-6-17-14-30(15-20(17)22)35(33,34)19-9-7-18(8-10-19)25(26,27)28/h7-10,16-17,20-22H,4-6,11-15,29H2,1-3H3/t17-,20+,21+,22+/m1/s1. The van der Waals surface area contributed by atoms with Crippen LogP contribution in [0.25, 0.3) is 0 Å². The monoisotopic (exact) mass is 515 g/mol. The van der Waals surface area contributed by atoms with Crippen LogP contribution in [0.1, 0.15) is 58.4 Å². The Morgan fingerprint density at radius 2 is 1.71 bits per heavy atom. The smallest absolute Gasteiger partial charge is 0.338 e. The Kier molecular flexibility index (Phi) is 7.05. The largest absolute Gasteiger partial charge is 0.416 e. The summed E-state index contributed by atoms with van der Waals surface area (Å²) in [4.78, 5) is 15.2. The summed E-state index contributed by atoms with van der Waals surface area (Å²) in [5.41, 5.74) is 5.38. The van der Waals surface area contributed by atoms with E-state index in [1.54, 1.807) is 0 Å². The average molecular weight is 516 g/mol. The Morgan fingerprint density at radius 3 is 2.26 bits per heavy atom. The fraction of sp³-hybridized carbons (Fsp3) is 0.720. The summed E-state index contributed by atoms with van der Waals surface area (Å²) in [5, 5.41) is 0. The highest BCUT2D eigenvalue weighted by atomic mass is 32.2. The van der Waals surface area contributed by atoms with Crippen molar-refractivity contribution in [2.75, 3.05) is 19.6 Å². The first kappa shape index (κ1) is 26.4. The van der Waals surface area contributed by atoms with Crippen LogP contribution in [0.15, 0.2) is 29.2 Å². The number of carbonyl (C=O) groups excluding carboxylic acids is 1. The van der Waals surface area contributed by atoms with Crippen molar-refractivity contribution in [2.45, 2.75) is 76.0 Å². The topological polar surface area (TPSA) is 83.7 Å². The maximum absolute atomic E-state index is 13.4. The number of alkyl halides is 3. The Bertz CT molecular complexity index is 1030. The molecule has 0 aromatic heterocycles. The molecule has 0 bridgehead atoms. The zero-order valence-corrected chi connectivity index (χ0v) is 21.4. The van der Waals surface area contributed by atoms with Crippen molar-refractivity contribution in [2.24, 2.45) is 28.9 Å². The van der Waals surface area contributed by atoms with E-state index in [-0.39, 0.29) is 40.6 Å². The first-order chi connectivity index (χ1) is 16.2. The van der Waals surface area contributed by atoms with Crippen LogP contribution in [0.5, 0.6) is 0 Å². The van der Waals surface area contributed by atoms with Gasteiger partial charge in [0.05, 0.1) is 16.5 Å². The molecule has 1 aliphatic heterocycles. The molecule has 3 aliphatic rings. The second kappa shape index (κ2) is 9.34. The number of rotatable bonds is 7. The molecule has 1 amide bonds. The number of hydrogen-bond donors (Lipinski definition) is 1. The van der Waals surface area contributed by atoms with Crippen molar-refractivity contribution < 1.29 is 26.4 Å².